The second kappa shape index (κ2) is 5.88. The maximum Gasteiger partial charge on any atom is 0.256 e. The lowest BCUT2D eigenvalue weighted by atomic mass is 10.0. The number of benzene rings is 2. The van der Waals surface area contributed by atoms with Crippen molar-refractivity contribution in [1.29, 1.82) is 0 Å². The van der Waals surface area contributed by atoms with Crippen molar-refractivity contribution in [3.63, 3.8) is 0 Å². The minimum absolute atomic E-state index is 0.0634. The Morgan fingerprint density at radius 2 is 1.81 bits per heavy atom. The smallest absolute Gasteiger partial charge is 0.256 e. The molecule has 0 saturated carbocycles. The monoisotopic (exact) mass is 348 g/mol. The predicted octanol–water partition coefficient (Wildman–Crippen LogP) is 3.71. The van der Waals surface area contributed by atoms with Crippen molar-refractivity contribution >= 4 is 16.8 Å². The van der Waals surface area contributed by atoms with Crippen LogP contribution in [0.4, 0.5) is 0 Å². The topological polar surface area (TPSA) is 54.6 Å². The number of carbonyl (C=O) groups is 1. The van der Waals surface area contributed by atoms with Crippen LogP contribution in [0.15, 0.2) is 54.7 Å². The average molecular weight is 348 g/mol. The molecule has 5 rings (SSSR count). The number of carbonyl (C=O) groups excluding carboxylic acids is 1. The third-order valence-electron chi connectivity index (χ3n) is 5.39. The fourth-order valence-corrected chi connectivity index (χ4v) is 3.88. The molecule has 1 saturated heterocycles. The molecule has 0 bridgehead atoms. The fraction of sp³-hybridized carbons (Fsp3) is 0.286. The van der Waals surface area contributed by atoms with Crippen LogP contribution in [0.2, 0.25) is 0 Å². The van der Waals surface area contributed by atoms with Crippen molar-refractivity contribution in [2.45, 2.75) is 25.2 Å². The largest absolute Gasteiger partial charge is 0.462 e. The molecule has 2 aliphatic heterocycles. The predicted molar refractivity (Wildman–Crippen MR) is 98.0 cm³/mol. The Hall–Kier alpha value is -2.79. The van der Waals surface area contributed by atoms with E-state index in [0.29, 0.717) is 32.5 Å². The summed E-state index contributed by atoms with van der Waals surface area (Å²) in [7, 11) is 0. The van der Waals surface area contributed by atoms with Gasteiger partial charge in [-0.25, -0.2) is 0 Å². The summed E-state index contributed by atoms with van der Waals surface area (Å²) in [5, 5.41) is 0.969. The second-order valence-corrected chi connectivity index (χ2v) is 6.95. The molecule has 3 heterocycles. The molecule has 3 aromatic rings. The summed E-state index contributed by atoms with van der Waals surface area (Å²) in [6.07, 6.45) is 3.16. The van der Waals surface area contributed by atoms with Crippen LogP contribution < -0.4 is 4.74 Å². The molecule has 5 heteroatoms. The quantitative estimate of drug-likeness (QED) is 0.729. The summed E-state index contributed by atoms with van der Waals surface area (Å²) in [4.78, 5) is 18.0. The summed E-state index contributed by atoms with van der Waals surface area (Å²) in [6, 6.07) is 15.9. The average Bonchev–Trinajstić information content (AvgIpc) is 3.12. The van der Waals surface area contributed by atoms with E-state index in [-0.39, 0.29) is 5.91 Å². The molecule has 26 heavy (non-hydrogen) atoms. The first-order valence-electron chi connectivity index (χ1n) is 9.00. The summed E-state index contributed by atoms with van der Waals surface area (Å²) < 4.78 is 12.2. The van der Waals surface area contributed by atoms with Crippen LogP contribution in [0.5, 0.6) is 5.75 Å². The Kier molecular flexibility index (Phi) is 3.50. The van der Waals surface area contributed by atoms with Crippen LogP contribution in [0, 0.1) is 0 Å². The van der Waals surface area contributed by atoms with Crippen LogP contribution in [0.25, 0.3) is 10.9 Å². The zero-order chi connectivity index (χ0) is 17.6. The Balaban J connectivity index is 1.32. The van der Waals surface area contributed by atoms with E-state index >= 15 is 0 Å². The van der Waals surface area contributed by atoms with E-state index in [0.717, 1.165) is 27.8 Å². The number of para-hydroxylation sites is 2. The highest BCUT2D eigenvalue weighted by atomic mass is 16.7. The summed E-state index contributed by atoms with van der Waals surface area (Å²) in [5.41, 5.74) is 2.79. The number of ether oxygens (including phenoxy) is 2. The molecule has 2 aliphatic rings. The van der Waals surface area contributed by atoms with E-state index in [4.69, 9.17) is 9.47 Å². The molecule has 0 atom stereocenters. The molecule has 1 amide bonds. The highest BCUT2D eigenvalue weighted by Crippen LogP contribution is 2.37. The van der Waals surface area contributed by atoms with Crippen molar-refractivity contribution in [2.24, 2.45) is 0 Å². The normalized spacial score (nSPS) is 18.5. The molecule has 1 N–H and O–H groups in total. The molecular weight excluding hydrogens is 328 g/mol. The minimum atomic E-state index is -0.606. The molecule has 0 unspecified atom stereocenters. The Bertz CT molecular complexity index is 970. The van der Waals surface area contributed by atoms with E-state index in [2.05, 4.69) is 4.98 Å². The number of nitrogens with one attached hydrogen (secondary N) is 1. The van der Waals surface area contributed by atoms with Gasteiger partial charge in [-0.05, 0) is 12.1 Å². The lowest BCUT2D eigenvalue weighted by Gasteiger charge is -2.43. The maximum atomic E-state index is 13.0. The summed E-state index contributed by atoms with van der Waals surface area (Å²) in [5.74, 6) is 0.356. The van der Waals surface area contributed by atoms with Crippen molar-refractivity contribution < 1.29 is 14.3 Å². The molecule has 2 aromatic carbocycles. The lowest BCUT2D eigenvalue weighted by Crippen LogP contribution is -2.52. The standard InChI is InChI=1S/C21H20N2O3/c24-20(17-13-22-18-7-3-2-6-16(17)18)23-11-9-21(10-12-23)25-14-15-5-1-4-8-19(15)26-21/h1-8,13,22H,9-12,14H2. The highest BCUT2D eigenvalue weighted by molar-refractivity contribution is 6.06. The molecular formula is C21H20N2O3. The van der Waals surface area contributed by atoms with Gasteiger partial charge in [0.15, 0.2) is 0 Å². The number of fused-ring (bicyclic) bond motifs is 2. The van der Waals surface area contributed by atoms with Gasteiger partial charge in [0.1, 0.15) is 5.75 Å². The molecule has 1 aromatic heterocycles. The number of rotatable bonds is 1. The molecule has 0 radical (unpaired) electrons. The zero-order valence-electron chi connectivity index (χ0n) is 14.4. The van der Waals surface area contributed by atoms with E-state index in [1.807, 2.05) is 53.4 Å². The number of H-pyrrole nitrogens is 1. The van der Waals surface area contributed by atoms with Gasteiger partial charge < -0.3 is 19.4 Å². The molecule has 5 nitrogen and oxygen atoms in total. The van der Waals surface area contributed by atoms with Crippen LogP contribution in [0.1, 0.15) is 28.8 Å². The van der Waals surface area contributed by atoms with E-state index < -0.39 is 5.79 Å². The van der Waals surface area contributed by atoms with Gasteiger partial charge in [-0.2, -0.15) is 0 Å². The third-order valence-corrected chi connectivity index (χ3v) is 5.39. The van der Waals surface area contributed by atoms with Crippen molar-refractivity contribution in [2.75, 3.05) is 13.1 Å². The number of nitrogens with zero attached hydrogens (tertiary/aromatic N) is 1. The van der Waals surface area contributed by atoms with Gasteiger partial charge in [-0.1, -0.05) is 36.4 Å². The molecule has 1 spiro atoms. The van der Waals surface area contributed by atoms with Crippen molar-refractivity contribution in [3.8, 4) is 5.75 Å². The first-order valence-corrected chi connectivity index (χ1v) is 9.00. The van der Waals surface area contributed by atoms with E-state index in [1.165, 1.54) is 0 Å². The van der Waals surface area contributed by atoms with Crippen LogP contribution in [-0.2, 0) is 11.3 Å². The van der Waals surface area contributed by atoms with Crippen molar-refractivity contribution in [3.05, 3.63) is 65.9 Å². The Labute approximate surface area is 151 Å². The first-order chi connectivity index (χ1) is 12.7. The number of piperidine rings is 1. The number of hydrogen-bond acceptors (Lipinski definition) is 3. The second-order valence-electron chi connectivity index (χ2n) is 6.95. The van der Waals surface area contributed by atoms with Crippen LogP contribution >= 0.6 is 0 Å². The molecule has 0 aliphatic carbocycles. The fourth-order valence-electron chi connectivity index (χ4n) is 3.88. The summed E-state index contributed by atoms with van der Waals surface area (Å²) >= 11 is 0. The van der Waals surface area contributed by atoms with Gasteiger partial charge in [0, 0.05) is 48.6 Å². The number of aromatic amines is 1. The maximum absolute atomic E-state index is 13.0. The molecule has 1 fully saturated rings. The van der Waals surface area contributed by atoms with Crippen LogP contribution in [0.3, 0.4) is 0 Å². The minimum Gasteiger partial charge on any atom is -0.462 e. The van der Waals surface area contributed by atoms with E-state index in [9.17, 15) is 4.79 Å². The number of amides is 1. The van der Waals surface area contributed by atoms with Gasteiger partial charge in [-0.15, -0.1) is 0 Å². The lowest BCUT2D eigenvalue weighted by molar-refractivity contribution is -0.225. The van der Waals surface area contributed by atoms with Crippen molar-refractivity contribution in [1.82, 2.24) is 9.88 Å². The van der Waals surface area contributed by atoms with Gasteiger partial charge in [0.25, 0.3) is 5.91 Å². The SMILES string of the molecule is O=C(c1c[nH]c2ccccc12)N1CCC2(CC1)OCc1ccccc1O2. The third kappa shape index (κ3) is 2.47. The number of aromatic nitrogens is 1. The van der Waals surface area contributed by atoms with E-state index in [1.54, 1.807) is 6.20 Å². The first kappa shape index (κ1) is 15.5. The number of hydrogen-bond donors (Lipinski definition) is 1. The van der Waals surface area contributed by atoms with Crippen LogP contribution in [-0.4, -0.2) is 34.7 Å². The summed E-state index contributed by atoms with van der Waals surface area (Å²) in [6.45, 7) is 1.81. The van der Waals surface area contributed by atoms with Gasteiger partial charge in [0.05, 0.1) is 12.2 Å². The van der Waals surface area contributed by atoms with Gasteiger partial charge in [-0.3, -0.25) is 4.79 Å². The Morgan fingerprint density at radius 3 is 2.69 bits per heavy atom. The highest BCUT2D eigenvalue weighted by Gasteiger charge is 2.42. The molecule has 132 valence electrons. The Morgan fingerprint density at radius 1 is 1.04 bits per heavy atom. The number of likely N-dealkylation sites (tertiary alicyclic amines) is 1. The zero-order valence-corrected chi connectivity index (χ0v) is 14.4. The van der Waals surface area contributed by atoms with Gasteiger partial charge >= 0.3 is 0 Å². The van der Waals surface area contributed by atoms with Gasteiger partial charge in [0.2, 0.25) is 5.79 Å².